The van der Waals surface area contributed by atoms with Crippen LogP contribution in [0.25, 0.3) is 0 Å². The summed E-state index contributed by atoms with van der Waals surface area (Å²) >= 11 is 0. The lowest BCUT2D eigenvalue weighted by Gasteiger charge is -2.09. The predicted octanol–water partition coefficient (Wildman–Crippen LogP) is 4.38. The second-order valence-corrected chi connectivity index (χ2v) is 6.20. The van der Waals surface area contributed by atoms with Crippen LogP contribution >= 0.6 is 0 Å². The maximum Gasteiger partial charge on any atom is 0.251 e. The van der Waals surface area contributed by atoms with Gasteiger partial charge in [0.15, 0.2) is 0 Å². The van der Waals surface area contributed by atoms with Crippen molar-refractivity contribution in [2.75, 3.05) is 13.2 Å². The third kappa shape index (κ3) is 5.89. The summed E-state index contributed by atoms with van der Waals surface area (Å²) in [6.45, 7) is 3.45. The second kappa shape index (κ2) is 9.43. The topological polar surface area (TPSA) is 47.6 Å². The molecular formula is C23H23NO3. The largest absolute Gasteiger partial charge is 0.490 e. The summed E-state index contributed by atoms with van der Waals surface area (Å²) < 4.78 is 11.2. The van der Waals surface area contributed by atoms with Crippen molar-refractivity contribution in [1.82, 2.24) is 5.32 Å². The Kier molecular flexibility index (Phi) is 6.47. The zero-order valence-corrected chi connectivity index (χ0v) is 15.4. The molecule has 1 amide bonds. The van der Waals surface area contributed by atoms with E-state index in [4.69, 9.17) is 9.47 Å². The number of carbonyl (C=O) groups is 1. The molecule has 0 aromatic heterocycles. The highest BCUT2D eigenvalue weighted by Gasteiger charge is 2.05. The Hall–Kier alpha value is -3.27. The molecule has 3 rings (SSSR count). The fourth-order valence-corrected chi connectivity index (χ4v) is 2.53. The van der Waals surface area contributed by atoms with Crippen molar-refractivity contribution in [2.45, 2.75) is 13.5 Å². The summed E-state index contributed by atoms with van der Waals surface area (Å²) in [5.41, 5.74) is 2.89. The molecule has 0 atom stereocenters. The van der Waals surface area contributed by atoms with Gasteiger partial charge in [0, 0.05) is 12.1 Å². The van der Waals surface area contributed by atoms with E-state index in [9.17, 15) is 4.79 Å². The first-order chi connectivity index (χ1) is 13.2. The number of benzene rings is 3. The van der Waals surface area contributed by atoms with Crippen LogP contribution in [0.3, 0.4) is 0 Å². The standard InChI is InChI=1S/C23H23NO3/c1-18-7-9-19(10-8-18)17-24-23(25)20-11-13-22(14-12-20)27-16-15-26-21-5-3-2-4-6-21/h2-14H,15-17H2,1H3,(H,24,25). The third-order valence-corrected chi connectivity index (χ3v) is 4.05. The van der Waals surface area contributed by atoms with Gasteiger partial charge < -0.3 is 14.8 Å². The Bertz CT molecular complexity index is 843. The van der Waals surface area contributed by atoms with Gasteiger partial charge in [0.25, 0.3) is 5.91 Å². The molecule has 3 aromatic rings. The number of amides is 1. The molecule has 27 heavy (non-hydrogen) atoms. The molecule has 3 aromatic carbocycles. The van der Waals surface area contributed by atoms with Crippen molar-refractivity contribution in [1.29, 1.82) is 0 Å². The highest BCUT2D eigenvalue weighted by Crippen LogP contribution is 2.13. The van der Waals surface area contributed by atoms with Crippen LogP contribution in [0.5, 0.6) is 11.5 Å². The van der Waals surface area contributed by atoms with Crippen molar-refractivity contribution >= 4 is 5.91 Å². The van der Waals surface area contributed by atoms with Crippen LogP contribution in [0.2, 0.25) is 0 Å². The zero-order chi connectivity index (χ0) is 18.9. The molecule has 0 bridgehead atoms. The van der Waals surface area contributed by atoms with Crippen LogP contribution in [0.15, 0.2) is 78.9 Å². The molecule has 0 heterocycles. The average Bonchev–Trinajstić information content (AvgIpc) is 2.72. The van der Waals surface area contributed by atoms with E-state index in [1.165, 1.54) is 5.56 Å². The van der Waals surface area contributed by atoms with Gasteiger partial charge >= 0.3 is 0 Å². The summed E-state index contributed by atoms with van der Waals surface area (Å²) in [6.07, 6.45) is 0. The highest BCUT2D eigenvalue weighted by molar-refractivity contribution is 5.94. The Morgan fingerprint density at radius 3 is 2.00 bits per heavy atom. The van der Waals surface area contributed by atoms with Crippen LogP contribution in [-0.2, 0) is 6.54 Å². The highest BCUT2D eigenvalue weighted by atomic mass is 16.5. The van der Waals surface area contributed by atoms with E-state index in [0.29, 0.717) is 31.1 Å². The smallest absolute Gasteiger partial charge is 0.251 e. The first-order valence-electron chi connectivity index (χ1n) is 8.95. The molecular weight excluding hydrogens is 338 g/mol. The first kappa shape index (κ1) is 18.5. The Morgan fingerprint density at radius 1 is 0.778 bits per heavy atom. The molecule has 0 radical (unpaired) electrons. The van der Waals surface area contributed by atoms with E-state index in [2.05, 4.69) is 5.32 Å². The van der Waals surface area contributed by atoms with Gasteiger partial charge in [-0.15, -0.1) is 0 Å². The van der Waals surface area contributed by atoms with E-state index in [1.54, 1.807) is 24.3 Å². The van der Waals surface area contributed by atoms with Crippen molar-refractivity contribution in [2.24, 2.45) is 0 Å². The molecule has 4 heteroatoms. The molecule has 138 valence electrons. The molecule has 1 N–H and O–H groups in total. The molecule has 0 unspecified atom stereocenters. The SMILES string of the molecule is Cc1ccc(CNC(=O)c2ccc(OCCOc3ccccc3)cc2)cc1. The van der Waals surface area contributed by atoms with E-state index in [-0.39, 0.29) is 5.91 Å². The number of ether oxygens (including phenoxy) is 2. The average molecular weight is 361 g/mol. The normalized spacial score (nSPS) is 10.3. The Morgan fingerprint density at radius 2 is 1.37 bits per heavy atom. The van der Waals surface area contributed by atoms with Gasteiger partial charge in [-0.1, -0.05) is 48.0 Å². The second-order valence-electron chi connectivity index (χ2n) is 6.20. The molecule has 0 spiro atoms. The molecule has 0 aliphatic carbocycles. The van der Waals surface area contributed by atoms with Gasteiger partial charge in [-0.05, 0) is 48.9 Å². The van der Waals surface area contributed by atoms with Crippen LogP contribution in [0.4, 0.5) is 0 Å². The van der Waals surface area contributed by atoms with Gasteiger partial charge in [0.2, 0.25) is 0 Å². The fraction of sp³-hybridized carbons (Fsp3) is 0.174. The number of aryl methyl sites for hydroxylation is 1. The van der Waals surface area contributed by atoms with Crippen molar-refractivity contribution in [3.05, 3.63) is 95.6 Å². The van der Waals surface area contributed by atoms with Gasteiger partial charge in [-0.2, -0.15) is 0 Å². The predicted molar refractivity (Wildman–Crippen MR) is 106 cm³/mol. The van der Waals surface area contributed by atoms with E-state index >= 15 is 0 Å². The summed E-state index contributed by atoms with van der Waals surface area (Å²) in [5, 5.41) is 2.92. The Labute approximate surface area is 159 Å². The summed E-state index contributed by atoms with van der Waals surface area (Å²) in [4.78, 5) is 12.2. The molecule has 4 nitrogen and oxygen atoms in total. The number of hydrogen-bond acceptors (Lipinski definition) is 3. The minimum atomic E-state index is -0.102. The van der Waals surface area contributed by atoms with Crippen LogP contribution in [-0.4, -0.2) is 19.1 Å². The van der Waals surface area contributed by atoms with Crippen molar-refractivity contribution < 1.29 is 14.3 Å². The lowest BCUT2D eigenvalue weighted by Crippen LogP contribution is -2.22. The molecule has 0 saturated heterocycles. The van der Waals surface area contributed by atoms with Gasteiger partial charge in [0.1, 0.15) is 24.7 Å². The number of hydrogen-bond donors (Lipinski definition) is 1. The molecule has 0 aliphatic heterocycles. The van der Waals surface area contributed by atoms with E-state index in [1.807, 2.05) is 61.5 Å². The summed E-state index contributed by atoms with van der Waals surface area (Å²) in [5.74, 6) is 1.43. The maximum absolute atomic E-state index is 12.2. The van der Waals surface area contributed by atoms with Crippen LogP contribution in [0, 0.1) is 6.92 Å². The lowest BCUT2D eigenvalue weighted by atomic mass is 10.1. The van der Waals surface area contributed by atoms with Crippen molar-refractivity contribution in [3.8, 4) is 11.5 Å². The summed E-state index contributed by atoms with van der Waals surface area (Å²) in [7, 11) is 0. The Balaban J connectivity index is 1.42. The number of nitrogens with one attached hydrogen (secondary N) is 1. The minimum Gasteiger partial charge on any atom is -0.490 e. The van der Waals surface area contributed by atoms with Crippen molar-refractivity contribution in [3.63, 3.8) is 0 Å². The number of carbonyl (C=O) groups excluding carboxylic acids is 1. The minimum absolute atomic E-state index is 0.102. The molecule has 0 saturated carbocycles. The first-order valence-corrected chi connectivity index (χ1v) is 8.95. The van der Waals surface area contributed by atoms with E-state index in [0.717, 1.165) is 11.3 Å². The maximum atomic E-state index is 12.2. The lowest BCUT2D eigenvalue weighted by molar-refractivity contribution is 0.0951. The van der Waals surface area contributed by atoms with E-state index < -0.39 is 0 Å². The molecule has 0 aliphatic rings. The van der Waals surface area contributed by atoms with Gasteiger partial charge in [0.05, 0.1) is 0 Å². The number of para-hydroxylation sites is 1. The number of rotatable bonds is 8. The van der Waals surface area contributed by atoms with Gasteiger partial charge in [-0.3, -0.25) is 4.79 Å². The quantitative estimate of drug-likeness (QED) is 0.606. The fourth-order valence-electron chi connectivity index (χ4n) is 2.53. The monoisotopic (exact) mass is 361 g/mol. The summed E-state index contributed by atoms with van der Waals surface area (Å²) in [6, 6.07) is 24.8. The van der Waals surface area contributed by atoms with Gasteiger partial charge in [-0.25, -0.2) is 0 Å². The van der Waals surface area contributed by atoms with Crippen LogP contribution < -0.4 is 14.8 Å². The third-order valence-electron chi connectivity index (χ3n) is 4.05. The molecule has 0 fully saturated rings. The van der Waals surface area contributed by atoms with Crippen LogP contribution in [0.1, 0.15) is 21.5 Å². The zero-order valence-electron chi connectivity index (χ0n) is 15.4.